The van der Waals surface area contributed by atoms with Crippen LogP contribution >= 0.6 is 0 Å². The summed E-state index contributed by atoms with van der Waals surface area (Å²) in [6.45, 7) is 3.27. The van der Waals surface area contributed by atoms with Gasteiger partial charge in [0.15, 0.2) is 6.04 Å². The third kappa shape index (κ3) is 2.95. The van der Waals surface area contributed by atoms with Gasteiger partial charge >= 0.3 is 12.3 Å². The fourth-order valence-electron chi connectivity index (χ4n) is 2.25. The van der Waals surface area contributed by atoms with Crippen molar-refractivity contribution in [3.8, 4) is 0 Å². The van der Waals surface area contributed by atoms with Gasteiger partial charge in [-0.2, -0.15) is 13.2 Å². The predicted octanol–water partition coefficient (Wildman–Crippen LogP) is 3.51. The average molecular weight is 285 g/mol. The Morgan fingerprint density at radius 1 is 1.30 bits per heavy atom. The second-order valence-electron chi connectivity index (χ2n) is 4.55. The number of halogens is 3. The Morgan fingerprint density at radius 3 is 2.50 bits per heavy atom. The molecule has 0 saturated carbocycles. The number of alkyl halides is 3. The zero-order chi connectivity index (χ0) is 14.8. The molecule has 2 atom stereocenters. The summed E-state index contributed by atoms with van der Waals surface area (Å²) in [6, 6.07) is 6.57. The van der Waals surface area contributed by atoms with Crippen LogP contribution in [0.4, 0.5) is 18.0 Å². The molecule has 0 aliphatic carbocycles. The summed E-state index contributed by atoms with van der Waals surface area (Å²) < 4.78 is 44.3. The van der Waals surface area contributed by atoms with Gasteiger partial charge < -0.3 is 4.74 Å². The minimum absolute atomic E-state index is 0.0266. The molecule has 6 heteroatoms. The fourth-order valence-corrected chi connectivity index (χ4v) is 2.25. The van der Waals surface area contributed by atoms with Gasteiger partial charge in [-0.05, 0) is 5.56 Å². The molecule has 1 aromatic rings. The molecule has 0 spiro atoms. The number of amides is 1. The SMILES string of the molecule is C=CC[C@@H]1OC(=O)N(Cc2ccccc2)[C@H]1C(F)(F)F. The summed E-state index contributed by atoms with van der Waals surface area (Å²) in [4.78, 5) is 12.4. The Hall–Kier alpha value is -1.98. The van der Waals surface area contributed by atoms with E-state index in [-0.39, 0.29) is 13.0 Å². The van der Waals surface area contributed by atoms with Crippen molar-refractivity contribution >= 4 is 6.09 Å². The molecular weight excluding hydrogens is 271 g/mol. The van der Waals surface area contributed by atoms with E-state index in [9.17, 15) is 18.0 Å². The van der Waals surface area contributed by atoms with Gasteiger partial charge in [0.25, 0.3) is 0 Å². The van der Waals surface area contributed by atoms with Crippen LogP contribution in [0.2, 0.25) is 0 Å². The number of carbonyl (C=O) groups excluding carboxylic acids is 1. The van der Waals surface area contributed by atoms with Crippen LogP contribution in [0.5, 0.6) is 0 Å². The van der Waals surface area contributed by atoms with Crippen LogP contribution in [-0.4, -0.2) is 29.3 Å². The third-order valence-electron chi connectivity index (χ3n) is 3.10. The van der Waals surface area contributed by atoms with Crippen molar-refractivity contribution in [2.45, 2.75) is 31.3 Å². The van der Waals surface area contributed by atoms with Crippen LogP contribution in [0.15, 0.2) is 43.0 Å². The van der Waals surface area contributed by atoms with Gasteiger partial charge in [-0.3, -0.25) is 4.90 Å². The Labute approximate surface area is 114 Å². The minimum Gasteiger partial charge on any atom is -0.443 e. The molecular formula is C14H14F3NO2. The molecule has 1 aromatic carbocycles. The standard InChI is InChI=1S/C14H14F3NO2/c1-2-6-11-12(14(15,16)17)18(13(19)20-11)9-10-7-4-3-5-8-10/h2-5,7-8,11-12H,1,6,9H2/t11-,12+/m0/s1. The van der Waals surface area contributed by atoms with E-state index in [4.69, 9.17) is 4.74 Å². The molecule has 108 valence electrons. The molecule has 1 aliphatic rings. The number of hydrogen-bond acceptors (Lipinski definition) is 2. The van der Waals surface area contributed by atoms with Gasteiger partial charge in [-0.15, -0.1) is 6.58 Å². The van der Waals surface area contributed by atoms with Gasteiger partial charge in [0.2, 0.25) is 0 Å². The Balaban J connectivity index is 2.24. The summed E-state index contributed by atoms with van der Waals surface area (Å²) in [7, 11) is 0. The monoisotopic (exact) mass is 285 g/mol. The van der Waals surface area contributed by atoms with E-state index in [2.05, 4.69) is 6.58 Å². The van der Waals surface area contributed by atoms with Crippen molar-refractivity contribution in [2.75, 3.05) is 0 Å². The fraction of sp³-hybridized carbons (Fsp3) is 0.357. The molecule has 1 amide bonds. The summed E-state index contributed by atoms with van der Waals surface area (Å²) in [5.41, 5.74) is 0.623. The van der Waals surface area contributed by atoms with E-state index in [0.29, 0.717) is 5.56 Å². The minimum atomic E-state index is -4.53. The number of carbonyl (C=O) groups is 1. The van der Waals surface area contributed by atoms with Crippen LogP contribution in [0, 0.1) is 0 Å². The van der Waals surface area contributed by atoms with E-state index in [1.165, 1.54) is 6.08 Å². The van der Waals surface area contributed by atoms with Crippen LogP contribution in [0.1, 0.15) is 12.0 Å². The van der Waals surface area contributed by atoms with Gasteiger partial charge in [0.05, 0.1) is 0 Å². The van der Waals surface area contributed by atoms with E-state index in [1.54, 1.807) is 30.3 Å². The first-order valence-electron chi connectivity index (χ1n) is 6.12. The lowest BCUT2D eigenvalue weighted by Gasteiger charge is -2.26. The number of nitrogens with zero attached hydrogens (tertiary/aromatic N) is 1. The maximum atomic E-state index is 13.2. The maximum absolute atomic E-state index is 13.2. The zero-order valence-electron chi connectivity index (χ0n) is 10.6. The van der Waals surface area contributed by atoms with Crippen LogP contribution in [0.3, 0.4) is 0 Å². The molecule has 1 aliphatic heterocycles. The van der Waals surface area contributed by atoms with Crippen molar-refractivity contribution in [2.24, 2.45) is 0 Å². The highest BCUT2D eigenvalue weighted by Gasteiger charge is 2.56. The second-order valence-corrected chi connectivity index (χ2v) is 4.55. The Kier molecular flexibility index (Phi) is 4.01. The Bertz CT molecular complexity index is 487. The quantitative estimate of drug-likeness (QED) is 0.792. The molecule has 1 fully saturated rings. The smallest absolute Gasteiger partial charge is 0.412 e. The van der Waals surface area contributed by atoms with Crippen molar-refractivity contribution in [1.82, 2.24) is 4.90 Å². The predicted molar refractivity (Wildman–Crippen MR) is 66.9 cm³/mol. The number of ether oxygens (including phenoxy) is 1. The highest BCUT2D eigenvalue weighted by Crippen LogP contribution is 2.36. The number of hydrogen-bond donors (Lipinski definition) is 0. The topological polar surface area (TPSA) is 29.5 Å². The molecule has 0 bridgehead atoms. The first kappa shape index (κ1) is 14.4. The molecule has 2 rings (SSSR count). The van der Waals surface area contributed by atoms with Crippen LogP contribution in [0.25, 0.3) is 0 Å². The van der Waals surface area contributed by atoms with Crippen molar-refractivity contribution in [3.05, 3.63) is 48.6 Å². The van der Waals surface area contributed by atoms with Crippen molar-refractivity contribution in [3.63, 3.8) is 0 Å². The molecule has 0 aromatic heterocycles. The first-order valence-corrected chi connectivity index (χ1v) is 6.12. The van der Waals surface area contributed by atoms with Crippen molar-refractivity contribution < 1.29 is 22.7 Å². The molecule has 0 unspecified atom stereocenters. The van der Waals surface area contributed by atoms with Gasteiger partial charge in [-0.1, -0.05) is 36.4 Å². The number of rotatable bonds is 4. The number of benzene rings is 1. The summed E-state index contributed by atoms with van der Waals surface area (Å²) >= 11 is 0. The van der Waals surface area contributed by atoms with E-state index in [1.807, 2.05) is 0 Å². The van der Waals surface area contributed by atoms with Crippen molar-refractivity contribution in [1.29, 1.82) is 0 Å². The normalized spacial score (nSPS) is 22.8. The second kappa shape index (κ2) is 5.56. The van der Waals surface area contributed by atoms with Crippen LogP contribution < -0.4 is 0 Å². The third-order valence-corrected chi connectivity index (χ3v) is 3.10. The Morgan fingerprint density at radius 2 is 1.95 bits per heavy atom. The summed E-state index contributed by atoms with van der Waals surface area (Å²) in [5.74, 6) is 0. The maximum Gasteiger partial charge on any atom is 0.412 e. The highest BCUT2D eigenvalue weighted by molar-refractivity contribution is 5.71. The highest BCUT2D eigenvalue weighted by atomic mass is 19.4. The van der Waals surface area contributed by atoms with E-state index >= 15 is 0 Å². The van der Waals surface area contributed by atoms with Gasteiger partial charge in [-0.25, -0.2) is 4.79 Å². The van der Waals surface area contributed by atoms with Crippen LogP contribution in [-0.2, 0) is 11.3 Å². The molecule has 0 N–H and O–H groups in total. The van der Waals surface area contributed by atoms with E-state index in [0.717, 1.165) is 4.90 Å². The lowest BCUT2D eigenvalue weighted by Crippen LogP contribution is -2.47. The zero-order valence-corrected chi connectivity index (χ0v) is 10.6. The molecule has 0 radical (unpaired) electrons. The van der Waals surface area contributed by atoms with Gasteiger partial charge in [0, 0.05) is 13.0 Å². The largest absolute Gasteiger partial charge is 0.443 e. The molecule has 1 heterocycles. The van der Waals surface area contributed by atoms with Gasteiger partial charge in [0.1, 0.15) is 6.10 Å². The lowest BCUT2D eigenvalue weighted by atomic mass is 10.1. The molecule has 20 heavy (non-hydrogen) atoms. The summed E-state index contributed by atoms with van der Waals surface area (Å²) in [5, 5.41) is 0. The number of cyclic esters (lactones) is 1. The summed E-state index contributed by atoms with van der Waals surface area (Å²) in [6.07, 6.45) is -5.41. The molecule has 3 nitrogen and oxygen atoms in total. The molecule has 1 saturated heterocycles. The van der Waals surface area contributed by atoms with E-state index < -0.39 is 24.4 Å². The lowest BCUT2D eigenvalue weighted by molar-refractivity contribution is -0.181. The average Bonchev–Trinajstić information content (AvgIpc) is 2.67. The first-order chi connectivity index (χ1) is 9.43.